The lowest BCUT2D eigenvalue weighted by molar-refractivity contribution is -0.134. The zero-order valence-corrected chi connectivity index (χ0v) is 16.3. The van der Waals surface area contributed by atoms with Gasteiger partial charge in [-0.2, -0.15) is 0 Å². The second kappa shape index (κ2) is 9.92. The molecule has 1 fully saturated rings. The van der Waals surface area contributed by atoms with Gasteiger partial charge in [-0.25, -0.2) is 0 Å². The average molecular weight is 385 g/mol. The summed E-state index contributed by atoms with van der Waals surface area (Å²) in [4.78, 5) is 26.4. The first kappa shape index (κ1) is 19.9. The summed E-state index contributed by atoms with van der Waals surface area (Å²) in [5.74, 6) is 0.878. The van der Waals surface area contributed by atoms with Crippen LogP contribution in [-0.4, -0.2) is 41.6 Å². The molecule has 1 aromatic carbocycles. The predicted octanol–water partition coefficient (Wildman–Crippen LogP) is 2.95. The molecule has 150 valence electrons. The number of nitrogens with one attached hydrogen (secondary N) is 1. The first-order valence-electron chi connectivity index (χ1n) is 9.89. The van der Waals surface area contributed by atoms with E-state index < -0.39 is 0 Å². The van der Waals surface area contributed by atoms with Gasteiger partial charge in [-0.1, -0.05) is 24.6 Å². The van der Waals surface area contributed by atoms with Crippen molar-refractivity contribution in [3.05, 3.63) is 47.3 Å². The molecule has 3 rings (SSSR count). The van der Waals surface area contributed by atoms with Gasteiger partial charge < -0.3 is 19.5 Å². The van der Waals surface area contributed by atoms with Gasteiger partial charge in [-0.05, 0) is 43.9 Å². The van der Waals surface area contributed by atoms with Crippen molar-refractivity contribution in [2.45, 2.75) is 45.6 Å². The molecule has 1 aliphatic heterocycles. The maximum absolute atomic E-state index is 12.4. The number of aromatic nitrogens is 1. The van der Waals surface area contributed by atoms with Crippen molar-refractivity contribution in [1.82, 2.24) is 15.4 Å². The molecule has 0 spiro atoms. The van der Waals surface area contributed by atoms with Crippen LogP contribution in [0, 0.1) is 0 Å². The number of piperidine rings is 1. The molecular formula is C21H27N3O4. The van der Waals surface area contributed by atoms with Crippen molar-refractivity contribution in [1.29, 1.82) is 0 Å². The number of ether oxygens (including phenoxy) is 1. The highest BCUT2D eigenvalue weighted by Gasteiger charge is 2.17. The van der Waals surface area contributed by atoms with E-state index in [1.807, 2.05) is 11.0 Å². The molecule has 0 saturated carbocycles. The van der Waals surface area contributed by atoms with Crippen LogP contribution in [0.25, 0.3) is 0 Å². The highest BCUT2D eigenvalue weighted by atomic mass is 16.5. The van der Waals surface area contributed by atoms with E-state index in [1.54, 1.807) is 24.3 Å². The Bertz CT molecular complexity index is 796. The van der Waals surface area contributed by atoms with E-state index >= 15 is 0 Å². The third-order valence-electron chi connectivity index (χ3n) is 4.70. The van der Waals surface area contributed by atoms with Crippen LogP contribution in [0.3, 0.4) is 0 Å². The maximum atomic E-state index is 12.4. The number of carbonyl (C=O) groups is 2. The van der Waals surface area contributed by atoms with Crippen LogP contribution in [0.4, 0.5) is 0 Å². The molecule has 2 heterocycles. The van der Waals surface area contributed by atoms with Crippen molar-refractivity contribution in [3.63, 3.8) is 0 Å². The minimum atomic E-state index is -0.235. The van der Waals surface area contributed by atoms with E-state index in [4.69, 9.17) is 9.26 Å². The second-order valence-corrected chi connectivity index (χ2v) is 6.98. The molecule has 7 nitrogen and oxygen atoms in total. The fourth-order valence-electron chi connectivity index (χ4n) is 3.19. The topological polar surface area (TPSA) is 84.7 Å². The zero-order chi connectivity index (χ0) is 19.8. The van der Waals surface area contributed by atoms with Gasteiger partial charge in [0.1, 0.15) is 5.75 Å². The Hall–Kier alpha value is -2.83. The normalized spacial score (nSPS) is 14.0. The van der Waals surface area contributed by atoms with Gasteiger partial charge in [0.05, 0.1) is 12.2 Å². The molecule has 28 heavy (non-hydrogen) atoms. The summed E-state index contributed by atoms with van der Waals surface area (Å²) in [6, 6.07) is 8.69. The highest BCUT2D eigenvalue weighted by Crippen LogP contribution is 2.15. The van der Waals surface area contributed by atoms with Crippen molar-refractivity contribution >= 4 is 11.8 Å². The van der Waals surface area contributed by atoms with E-state index in [0.717, 1.165) is 44.5 Å². The number of carbonyl (C=O) groups excluding carboxylic acids is 2. The second-order valence-electron chi connectivity index (χ2n) is 6.98. The van der Waals surface area contributed by atoms with Crippen LogP contribution in [0.1, 0.15) is 54.4 Å². The van der Waals surface area contributed by atoms with Crippen LogP contribution in [-0.2, 0) is 17.8 Å². The highest BCUT2D eigenvalue weighted by molar-refractivity contribution is 5.94. The smallest absolute Gasteiger partial charge is 0.260 e. The summed E-state index contributed by atoms with van der Waals surface area (Å²) < 4.78 is 10.8. The summed E-state index contributed by atoms with van der Waals surface area (Å²) in [7, 11) is 0. The van der Waals surface area contributed by atoms with E-state index in [9.17, 15) is 9.59 Å². The Balaban J connectivity index is 1.50. The molecule has 2 aromatic rings. The number of aryl methyl sites for hydroxylation is 1. The van der Waals surface area contributed by atoms with Gasteiger partial charge in [-0.3, -0.25) is 9.59 Å². The molecule has 2 amide bonds. The van der Waals surface area contributed by atoms with Gasteiger partial charge in [0.2, 0.25) is 0 Å². The van der Waals surface area contributed by atoms with Gasteiger partial charge >= 0.3 is 0 Å². The monoisotopic (exact) mass is 385 g/mol. The molecule has 1 aliphatic rings. The number of benzene rings is 1. The molecular weight excluding hydrogens is 358 g/mol. The fourth-order valence-corrected chi connectivity index (χ4v) is 3.19. The summed E-state index contributed by atoms with van der Waals surface area (Å²) in [5, 5.41) is 6.78. The number of rotatable bonds is 8. The standard InChI is InChI=1S/C21H27N3O4/c1-2-7-17-13-19(28-23-17)14-22-21(26)16-8-6-9-18(12-16)27-15-20(25)24-10-4-3-5-11-24/h6,8-9,12-13H,2-5,7,10-11,14-15H2,1H3,(H,22,26). The lowest BCUT2D eigenvalue weighted by atomic mass is 10.1. The predicted molar refractivity (Wildman–Crippen MR) is 104 cm³/mol. The molecule has 1 saturated heterocycles. The molecule has 0 atom stereocenters. The Labute approximate surface area is 165 Å². The quantitative estimate of drug-likeness (QED) is 0.755. The number of hydrogen-bond donors (Lipinski definition) is 1. The molecule has 0 radical (unpaired) electrons. The number of hydrogen-bond acceptors (Lipinski definition) is 5. The Morgan fingerprint density at radius 2 is 2.04 bits per heavy atom. The minimum Gasteiger partial charge on any atom is -0.484 e. The van der Waals surface area contributed by atoms with E-state index in [-0.39, 0.29) is 25.0 Å². The van der Waals surface area contributed by atoms with Crippen molar-refractivity contribution in [2.75, 3.05) is 19.7 Å². The van der Waals surface area contributed by atoms with Crippen LogP contribution in [0.5, 0.6) is 5.75 Å². The number of amides is 2. The average Bonchev–Trinajstić information content (AvgIpc) is 3.19. The molecule has 1 N–H and O–H groups in total. The first-order valence-corrected chi connectivity index (χ1v) is 9.89. The summed E-state index contributed by atoms with van der Waals surface area (Å²) in [6.45, 7) is 3.93. The SMILES string of the molecule is CCCc1cc(CNC(=O)c2cccc(OCC(=O)N3CCCCC3)c2)on1. The van der Waals surface area contributed by atoms with Crippen molar-refractivity contribution in [3.8, 4) is 5.75 Å². The van der Waals surface area contributed by atoms with Crippen LogP contribution in [0.2, 0.25) is 0 Å². The van der Waals surface area contributed by atoms with Crippen LogP contribution >= 0.6 is 0 Å². The minimum absolute atomic E-state index is 0.0106. The third-order valence-corrected chi connectivity index (χ3v) is 4.70. The zero-order valence-electron chi connectivity index (χ0n) is 16.3. The molecule has 0 bridgehead atoms. The fraction of sp³-hybridized carbons (Fsp3) is 0.476. The summed E-state index contributed by atoms with van der Waals surface area (Å²) in [6.07, 6.45) is 5.12. The van der Waals surface area contributed by atoms with E-state index in [1.165, 1.54) is 6.42 Å². The molecule has 0 aliphatic carbocycles. The molecule has 0 unspecified atom stereocenters. The van der Waals surface area contributed by atoms with Gasteiger partial charge in [-0.15, -0.1) is 0 Å². The van der Waals surface area contributed by atoms with Crippen LogP contribution < -0.4 is 10.1 Å². The van der Waals surface area contributed by atoms with Gasteiger partial charge in [0.15, 0.2) is 12.4 Å². The lowest BCUT2D eigenvalue weighted by Crippen LogP contribution is -2.38. The summed E-state index contributed by atoms with van der Waals surface area (Å²) >= 11 is 0. The molecule has 1 aromatic heterocycles. The summed E-state index contributed by atoms with van der Waals surface area (Å²) in [5.41, 5.74) is 1.36. The number of likely N-dealkylation sites (tertiary alicyclic amines) is 1. The van der Waals surface area contributed by atoms with Gasteiger partial charge in [0.25, 0.3) is 11.8 Å². The Kier molecular flexibility index (Phi) is 7.06. The van der Waals surface area contributed by atoms with Gasteiger partial charge in [0, 0.05) is 24.7 Å². The third kappa shape index (κ3) is 5.58. The van der Waals surface area contributed by atoms with Crippen molar-refractivity contribution < 1.29 is 18.8 Å². The van der Waals surface area contributed by atoms with E-state index in [0.29, 0.717) is 17.1 Å². The maximum Gasteiger partial charge on any atom is 0.260 e. The molecule has 7 heteroatoms. The Morgan fingerprint density at radius 1 is 1.21 bits per heavy atom. The largest absolute Gasteiger partial charge is 0.484 e. The lowest BCUT2D eigenvalue weighted by Gasteiger charge is -2.26. The Morgan fingerprint density at radius 3 is 2.82 bits per heavy atom. The first-order chi connectivity index (χ1) is 13.7. The van der Waals surface area contributed by atoms with E-state index in [2.05, 4.69) is 17.4 Å². The van der Waals surface area contributed by atoms with Crippen LogP contribution in [0.15, 0.2) is 34.9 Å². The number of nitrogens with zero attached hydrogens (tertiary/aromatic N) is 2. The van der Waals surface area contributed by atoms with Crippen molar-refractivity contribution in [2.24, 2.45) is 0 Å².